The molecule has 0 spiro atoms. The summed E-state index contributed by atoms with van der Waals surface area (Å²) in [4.78, 5) is 56.5. The van der Waals surface area contributed by atoms with Gasteiger partial charge in [-0.15, -0.1) is 0 Å². The molecule has 8 rings (SSSR count). The van der Waals surface area contributed by atoms with Crippen LogP contribution in [0.3, 0.4) is 0 Å². The lowest BCUT2D eigenvalue weighted by Gasteiger charge is -2.43. The lowest BCUT2D eigenvalue weighted by molar-refractivity contribution is -0.142. The van der Waals surface area contributed by atoms with Gasteiger partial charge in [0.25, 0.3) is 0 Å². The molecule has 6 aromatic carbocycles. The molecule has 6 aromatic rings. The molecule has 360 valence electrons. The zero-order valence-corrected chi connectivity index (χ0v) is 40.5. The third kappa shape index (κ3) is 14.9. The van der Waals surface area contributed by atoms with Crippen molar-refractivity contribution >= 4 is 23.8 Å². The number of carbonyl (C=O) groups excluding carboxylic acids is 4. The van der Waals surface area contributed by atoms with Crippen LogP contribution in [0.5, 0.6) is 0 Å². The first kappa shape index (κ1) is 51.7. The van der Waals surface area contributed by atoms with Gasteiger partial charge in [-0.05, 0) is 98.3 Å². The van der Waals surface area contributed by atoms with Gasteiger partial charge in [0.05, 0.1) is 10.8 Å². The predicted octanol–water partition coefficient (Wildman–Crippen LogP) is 10.0. The van der Waals surface area contributed by atoms with Gasteiger partial charge in [0.1, 0.15) is 0 Å². The second kappa shape index (κ2) is 26.7. The number of likely N-dealkylation sites (tertiary alicyclic amines) is 2. The zero-order valence-electron chi connectivity index (χ0n) is 40.5. The molecule has 2 aliphatic rings. The van der Waals surface area contributed by atoms with Gasteiger partial charge in [-0.3, -0.25) is 19.2 Å². The smallest absolute Gasteiger partial charge is 0.312 e. The highest BCUT2D eigenvalue weighted by molar-refractivity contribution is 5.89. The van der Waals surface area contributed by atoms with Crippen molar-refractivity contribution in [1.82, 2.24) is 20.0 Å². The maximum Gasteiger partial charge on any atom is 0.312 e. The predicted molar refractivity (Wildman–Crippen MR) is 275 cm³/mol. The minimum Gasteiger partial charge on any atom is -0.345 e. The Balaban J connectivity index is 0.000000195. The second-order valence-electron chi connectivity index (χ2n) is 18.2. The summed E-state index contributed by atoms with van der Waals surface area (Å²) < 4.78 is 13.9. The van der Waals surface area contributed by atoms with Gasteiger partial charge in [-0.2, -0.15) is 4.39 Å². The average Bonchev–Trinajstić information content (AvgIpc) is 3.42. The number of hydrogen-bond acceptors (Lipinski definition) is 5. The van der Waals surface area contributed by atoms with Crippen molar-refractivity contribution < 1.29 is 23.6 Å². The van der Waals surface area contributed by atoms with Crippen molar-refractivity contribution in [3.8, 4) is 0 Å². The number of nitrogens with one attached hydrogen (secondary N) is 1. The second-order valence-corrected chi connectivity index (χ2v) is 18.2. The molecule has 2 saturated heterocycles. The Labute approximate surface area is 409 Å². The van der Waals surface area contributed by atoms with E-state index in [4.69, 9.17) is 0 Å². The number of hydrogen-bond donors (Lipinski definition) is 1. The van der Waals surface area contributed by atoms with E-state index in [1.165, 1.54) is 16.7 Å². The van der Waals surface area contributed by atoms with E-state index >= 15 is 0 Å². The lowest BCUT2D eigenvalue weighted by Crippen LogP contribution is -2.53. The van der Waals surface area contributed by atoms with Gasteiger partial charge < -0.3 is 20.0 Å². The zero-order chi connectivity index (χ0) is 48.7. The van der Waals surface area contributed by atoms with Crippen molar-refractivity contribution in [2.45, 2.75) is 75.0 Å². The average molecular weight is 929 g/mol. The summed E-state index contributed by atoms with van der Waals surface area (Å²) in [5, 5.41) is 3.12. The Bertz CT molecular complexity index is 2440. The standard InChI is InChI=1S/C30H34N2O2.C21H22FNO2.C9H13N/c1-31(22-19-26-13-7-3-8-14-26)29(34)30(27-15-9-4-10-16-27)20-23-32(24-21-30)28(33)18-17-25-11-5-2-6-12-25;22-20(25)21(18-9-5-2-6-10-18)13-15-23(16-14-21)19(24)12-11-17-7-3-1-4-8-17;1-10-8-7-9-5-3-2-4-6-9/h2-16H,17-24H2,1H3;1-10H,11-16H2;2-6,10H,7-8H2,1H3. The van der Waals surface area contributed by atoms with Crippen molar-refractivity contribution in [2.75, 3.05) is 53.4 Å². The molecule has 0 radical (unpaired) electrons. The molecule has 2 aliphatic heterocycles. The number of piperidine rings is 2. The van der Waals surface area contributed by atoms with Crippen LogP contribution in [-0.2, 0) is 55.7 Å². The van der Waals surface area contributed by atoms with Crippen LogP contribution in [0.2, 0.25) is 0 Å². The highest BCUT2D eigenvalue weighted by Crippen LogP contribution is 2.39. The molecule has 2 fully saturated rings. The summed E-state index contributed by atoms with van der Waals surface area (Å²) in [5.41, 5.74) is 5.03. The van der Waals surface area contributed by atoms with E-state index in [0.29, 0.717) is 83.2 Å². The molecule has 0 aromatic heterocycles. The van der Waals surface area contributed by atoms with Gasteiger partial charge in [0.15, 0.2) is 0 Å². The summed E-state index contributed by atoms with van der Waals surface area (Å²) in [6, 6.07) is 58.7. The van der Waals surface area contributed by atoms with E-state index < -0.39 is 16.9 Å². The molecule has 3 amide bonds. The molecule has 9 heteroatoms. The summed E-state index contributed by atoms with van der Waals surface area (Å²) in [6.07, 6.45) is 6.33. The first-order chi connectivity index (χ1) is 33.6. The van der Waals surface area contributed by atoms with Gasteiger partial charge >= 0.3 is 6.04 Å². The highest BCUT2D eigenvalue weighted by atomic mass is 19.1. The van der Waals surface area contributed by atoms with E-state index in [1.807, 2.05) is 133 Å². The van der Waals surface area contributed by atoms with Crippen molar-refractivity contribution in [1.29, 1.82) is 0 Å². The van der Waals surface area contributed by atoms with Crippen molar-refractivity contribution in [3.63, 3.8) is 0 Å². The van der Waals surface area contributed by atoms with Crippen molar-refractivity contribution in [3.05, 3.63) is 215 Å². The molecule has 0 saturated carbocycles. The Kier molecular flexibility index (Phi) is 20.0. The maximum atomic E-state index is 13.9. The Morgan fingerprint density at radius 3 is 1.16 bits per heavy atom. The highest BCUT2D eigenvalue weighted by Gasteiger charge is 2.45. The molecule has 0 atom stereocenters. The van der Waals surface area contributed by atoms with E-state index in [-0.39, 0.29) is 17.7 Å². The molecule has 0 aliphatic carbocycles. The normalized spacial score (nSPS) is 14.8. The molecular formula is C60H69FN4O4. The quantitative estimate of drug-likeness (QED) is 0.0977. The number of rotatable bonds is 16. The number of aryl methyl sites for hydroxylation is 2. The van der Waals surface area contributed by atoms with Crippen LogP contribution in [0.1, 0.15) is 71.9 Å². The largest absolute Gasteiger partial charge is 0.345 e. The fourth-order valence-corrected chi connectivity index (χ4v) is 9.45. The number of amides is 3. The van der Waals surface area contributed by atoms with Crippen LogP contribution in [-0.4, -0.2) is 91.8 Å². The lowest BCUT2D eigenvalue weighted by atomic mass is 9.71. The maximum absolute atomic E-state index is 13.9. The SMILES string of the molecule is CN(CCc1ccccc1)C(=O)C1(c2ccccc2)CCN(C(=O)CCc2ccccc2)CC1.CNCCc1ccccc1.O=C(CCc1ccccc1)N1CCC(C(=O)F)(c2ccccc2)CC1. The number of likely N-dealkylation sites (N-methyl/N-ethyl adjacent to an activating group) is 2. The van der Waals surface area contributed by atoms with Crippen LogP contribution in [0, 0.1) is 0 Å². The van der Waals surface area contributed by atoms with E-state index in [2.05, 4.69) is 66.0 Å². The van der Waals surface area contributed by atoms with Gasteiger partial charge in [0, 0.05) is 52.6 Å². The molecule has 8 nitrogen and oxygen atoms in total. The number of carbonyl (C=O) groups is 4. The first-order valence-corrected chi connectivity index (χ1v) is 24.6. The van der Waals surface area contributed by atoms with Crippen LogP contribution < -0.4 is 5.32 Å². The van der Waals surface area contributed by atoms with Crippen LogP contribution in [0.25, 0.3) is 0 Å². The van der Waals surface area contributed by atoms with E-state index in [1.54, 1.807) is 17.0 Å². The third-order valence-corrected chi connectivity index (χ3v) is 13.8. The fraction of sp³-hybridized carbons (Fsp3) is 0.333. The van der Waals surface area contributed by atoms with Gasteiger partial charge in [0.2, 0.25) is 17.7 Å². The molecular weight excluding hydrogens is 860 g/mol. The third-order valence-electron chi connectivity index (χ3n) is 13.8. The summed E-state index contributed by atoms with van der Waals surface area (Å²) in [6.45, 7) is 3.79. The molecule has 2 heterocycles. The first-order valence-electron chi connectivity index (χ1n) is 24.6. The summed E-state index contributed by atoms with van der Waals surface area (Å²) in [7, 11) is 3.89. The fourth-order valence-electron chi connectivity index (χ4n) is 9.45. The van der Waals surface area contributed by atoms with Crippen molar-refractivity contribution in [2.24, 2.45) is 0 Å². The minimum absolute atomic E-state index is 0.0665. The monoisotopic (exact) mass is 929 g/mol. The molecule has 69 heavy (non-hydrogen) atoms. The molecule has 1 N–H and O–H groups in total. The number of benzene rings is 6. The number of halogens is 1. The molecule has 0 bridgehead atoms. The summed E-state index contributed by atoms with van der Waals surface area (Å²) >= 11 is 0. The van der Waals surface area contributed by atoms with E-state index in [9.17, 15) is 23.6 Å². The van der Waals surface area contributed by atoms with Gasteiger partial charge in [-0.1, -0.05) is 182 Å². The minimum atomic E-state index is -1.30. The van der Waals surface area contributed by atoms with Crippen LogP contribution in [0.15, 0.2) is 182 Å². The Morgan fingerprint density at radius 1 is 0.478 bits per heavy atom. The number of nitrogens with zero attached hydrogens (tertiary/aromatic N) is 3. The molecule has 0 unspecified atom stereocenters. The Hall–Kier alpha value is -6.71. The van der Waals surface area contributed by atoms with Gasteiger partial charge in [-0.25, -0.2) is 0 Å². The van der Waals surface area contributed by atoms with E-state index in [0.717, 1.165) is 36.9 Å². The summed E-state index contributed by atoms with van der Waals surface area (Å²) in [5.74, 6) is 0.401. The van der Waals surface area contributed by atoms with Crippen LogP contribution in [0.4, 0.5) is 4.39 Å². The Morgan fingerprint density at radius 2 is 0.797 bits per heavy atom. The van der Waals surface area contributed by atoms with Crippen LogP contribution >= 0.6 is 0 Å². The topological polar surface area (TPSA) is 90.0 Å².